The van der Waals surface area contributed by atoms with Gasteiger partial charge in [0.2, 0.25) is 0 Å². The van der Waals surface area contributed by atoms with E-state index in [4.69, 9.17) is 4.99 Å². The number of aromatic nitrogens is 2. The highest BCUT2D eigenvalue weighted by Gasteiger charge is 2.12. The van der Waals surface area contributed by atoms with Gasteiger partial charge in [0.25, 0.3) is 5.91 Å². The van der Waals surface area contributed by atoms with Gasteiger partial charge in [0.05, 0.1) is 13.1 Å². The standard InChI is InChI=1S/C26H34N6O.HI/c1-4-27-26(28-18-21-12-14-22(15-13-21)25(33)31(5-2)6-3)29-19-23-10-7-8-11-24(23)20-32-17-9-16-30-32;/h7-17H,4-6,18-20H2,1-3H3,(H2,27,28,29);1H. The van der Waals surface area contributed by atoms with E-state index >= 15 is 0 Å². The summed E-state index contributed by atoms with van der Waals surface area (Å²) in [5.41, 5.74) is 4.20. The summed E-state index contributed by atoms with van der Waals surface area (Å²) in [5, 5.41) is 11.1. The number of nitrogens with zero attached hydrogens (tertiary/aromatic N) is 4. The van der Waals surface area contributed by atoms with Gasteiger partial charge >= 0.3 is 0 Å². The zero-order chi connectivity index (χ0) is 23.5. The van der Waals surface area contributed by atoms with Crippen LogP contribution in [-0.4, -0.2) is 46.2 Å². The third-order valence-corrected chi connectivity index (χ3v) is 5.47. The predicted molar refractivity (Wildman–Crippen MR) is 149 cm³/mol. The van der Waals surface area contributed by atoms with Crippen LogP contribution in [0.3, 0.4) is 0 Å². The molecule has 1 aromatic heterocycles. The van der Waals surface area contributed by atoms with Crippen molar-refractivity contribution in [3.63, 3.8) is 0 Å². The van der Waals surface area contributed by atoms with Gasteiger partial charge in [-0.3, -0.25) is 9.48 Å². The lowest BCUT2D eigenvalue weighted by Gasteiger charge is -2.18. The zero-order valence-electron chi connectivity index (χ0n) is 20.2. The van der Waals surface area contributed by atoms with Crippen molar-refractivity contribution in [2.45, 2.75) is 40.4 Å². The van der Waals surface area contributed by atoms with E-state index in [9.17, 15) is 4.79 Å². The van der Waals surface area contributed by atoms with E-state index in [-0.39, 0.29) is 29.9 Å². The first-order chi connectivity index (χ1) is 16.1. The predicted octanol–water partition coefficient (Wildman–Crippen LogP) is 4.29. The van der Waals surface area contributed by atoms with Crippen molar-refractivity contribution in [3.8, 4) is 0 Å². The SMILES string of the molecule is CCNC(=NCc1ccc(C(=O)N(CC)CC)cc1)NCc1ccccc1Cn1cccn1.I. The summed E-state index contributed by atoms with van der Waals surface area (Å²) in [7, 11) is 0. The van der Waals surface area contributed by atoms with Crippen LogP contribution in [0.2, 0.25) is 0 Å². The Balaban J connectivity index is 0.00000408. The monoisotopic (exact) mass is 574 g/mol. The summed E-state index contributed by atoms with van der Waals surface area (Å²) < 4.78 is 1.92. The van der Waals surface area contributed by atoms with E-state index in [2.05, 4.69) is 46.9 Å². The second-order valence-electron chi connectivity index (χ2n) is 7.70. The molecule has 0 aliphatic rings. The Morgan fingerprint density at radius 2 is 1.68 bits per heavy atom. The number of carbonyl (C=O) groups excluding carboxylic acids is 1. The molecule has 0 saturated carbocycles. The van der Waals surface area contributed by atoms with Crippen LogP contribution in [0.15, 0.2) is 72.0 Å². The molecule has 0 aliphatic heterocycles. The Bertz CT molecular complexity index is 1030. The fourth-order valence-corrected chi connectivity index (χ4v) is 3.59. The Labute approximate surface area is 219 Å². The van der Waals surface area contributed by atoms with Crippen LogP contribution >= 0.6 is 24.0 Å². The molecule has 34 heavy (non-hydrogen) atoms. The quantitative estimate of drug-likeness (QED) is 0.215. The van der Waals surface area contributed by atoms with Gasteiger partial charge < -0.3 is 15.5 Å². The van der Waals surface area contributed by atoms with E-state index in [1.54, 1.807) is 6.20 Å². The van der Waals surface area contributed by atoms with Crippen LogP contribution in [0.4, 0.5) is 0 Å². The zero-order valence-corrected chi connectivity index (χ0v) is 22.5. The molecule has 0 saturated heterocycles. The molecular formula is C26H35IN6O. The van der Waals surface area contributed by atoms with Gasteiger partial charge in [-0.1, -0.05) is 36.4 Å². The molecule has 0 atom stereocenters. The molecule has 0 spiro atoms. The van der Waals surface area contributed by atoms with Crippen LogP contribution in [0.5, 0.6) is 0 Å². The highest BCUT2D eigenvalue weighted by atomic mass is 127. The second kappa shape index (κ2) is 14.4. The maximum absolute atomic E-state index is 12.5. The Kier molecular flexibility index (Phi) is 11.6. The lowest BCUT2D eigenvalue weighted by Crippen LogP contribution is -2.37. The van der Waals surface area contributed by atoms with Crippen LogP contribution in [0, 0.1) is 0 Å². The number of nitrogens with one attached hydrogen (secondary N) is 2. The van der Waals surface area contributed by atoms with Crippen molar-refractivity contribution in [2.24, 2.45) is 4.99 Å². The molecule has 1 amide bonds. The number of guanidine groups is 1. The summed E-state index contributed by atoms with van der Waals surface area (Å²) in [4.78, 5) is 19.0. The lowest BCUT2D eigenvalue weighted by molar-refractivity contribution is 0.0773. The van der Waals surface area contributed by atoms with Gasteiger partial charge in [-0.2, -0.15) is 5.10 Å². The number of hydrogen-bond donors (Lipinski definition) is 2. The Morgan fingerprint density at radius 3 is 2.29 bits per heavy atom. The van der Waals surface area contributed by atoms with Gasteiger partial charge in [0.1, 0.15) is 0 Å². The average molecular weight is 575 g/mol. The third-order valence-electron chi connectivity index (χ3n) is 5.47. The van der Waals surface area contributed by atoms with Gasteiger partial charge in [-0.25, -0.2) is 4.99 Å². The number of aliphatic imine (C=N–C) groups is 1. The molecule has 8 heteroatoms. The van der Waals surface area contributed by atoms with Crippen LogP contribution in [0.1, 0.15) is 47.8 Å². The summed E-state index contributed by atoms with van der Waals surface area (Å²) in [6.45, 7) is 10.2. The van der Waals surface area contributed by atoms with Crippen LogP contribution in [-0.2, 0) is 19.6 Å². The first-order valence-corrected chi connectivity index (χ1v) is 11.6. The van der Waals surface area contributed by atoms with Crippen molar-refractivity contribution in [2.75, 3.05) is 19.6 Å². The average Bonchev–Trinajstić information content (AvgIpc) is 3.36. The number of benzene rings is 2. The highest BCUT2D eigenvalue weighted by Crippen LogP contribution is 2.11. The molecule has 0 fully saturated rings. The molecule has 1 heterocycles. The minimum absolute atomic E-state index is 0. The highest BCUT2D eigenvalue weighted by molar-refractivity contribution is 14.0. The van der Waals surface area contributed by atoms with E-state index in [1.807, 2.05) is 60.0 Å². The van der Waals surface area contributed by atoms with Crippen molar-refractivity contribution in [3.05, 3.63) is 89.2 Å². The molecule has 182 valence electrons. The number of carbonyl (C=O) groups is 1. The molecule has 0 aliphatic carbocycles. The summed E-state index contributed by atoms with van der Waals surface area (Å²) in [6.07, 6.45) is 3.76. The molecule has 3 aromatic rings. The number of rotatable bonds is 10. The molecule has 7 nitrogen and oxygen atoms in total. The van der Waals surface area contributed by atoms with Crippen molar-refractivity contribution < 1.29 is 4.79 Å². The number of hydrogen-bond acceptors (Lipinski definition) is 3. The molecule has 0 unspecified atom stereocenters. The lowest BCUT2D eigenvalue weighted by atomic mass is 10.1. The van der Waals surface area contributed by atoms with E-state index in [0.717, 1.165) is 24.6 Å². The second-order valence-corrected chi connectivity index (χ2v) is 7.70. The maximum Gasteiger partial charge on any atom is 0.253 e. The first kappa shape index (κ1) is 27.4. The largest absolute Gasteiger partial charge is 0.357 e. The van der Waals surface area contributed by atoms with Crippen molar-refractivity contribution in [1.82, 2.24) is 25.3 Å². The van der Waals surface area contributed by atoms with E-state index in [1.165, 1.54) is 11.1 Å². The molecule has 3 rings (SSSR count). The summed E-state index contributed by atoms with van der Waals surface area (Å²) in [6, 6.07) is 18.0. The topological polar surface area (TPSA) is 74.6 Å². The number of halogens is 1. The normalized spacial score (nSPS) is 11.0. The number of amides is 1. The fourth-order valence-electron chi connectivity index (χ4n) is 3.59. The maximum atomic E-state index is 12.5. The van der Waals surface area contributed by atoms with Gasteiger partial charge in [-0.15, -0.1) is 24.0 Å². The van der Waals surface area contributed by atoms with Crippen molar-refractivity contribution in [1.29, 1.82) is 0 Å². The van der Waals surface area contributed by atoms with Gasteiger partial charge in [0, 0.05) is 44.1 Å². The Hall–Kier alpha value is -2.88. The van der Waals surface area contributed by atoms with Gasteiger partial charge in [-0.05, 0) is 55.7 Å². The minimum atomic E-state index is 0. The fraction of sp³-hybridized carbons (Fsp3) is 0.346. The van der Waals surface area contributed by atoms with Crippen LogP contribution in [0.25, 0.3) is 0 Å². The van der Waals surface area contributed by atoms with Crippen LogP contribution < -0.4 is 10.6 Å². The minimum Gasteiger partial charge on any atom is -0.357 e. The van der Waals surface area contributed by atoms with Crippen molar-refractivity contribution >= 4 is 35.8 Å². The summed E-state index contributed by atoms with van der Waals surface area (Å²) >= 11 is 0. The van der Waals surface area contributed by atoms with E-state index in [0.29, 0.717) is 31.7 Å². The van der Waals surface area contributed by atoms with E-state index < -0.39 is 0 Å². The summed E-state index contributed by atoms with van der Waals surface area (Å²) in [5.74, 6) is 0.827. The third kappa shape index (κ3) is 7.86. The Morgan fingerprint density at radius 1 is 0.971 bits per heavy atom. The molecule has 2 N–H and O–H groups in total. The smallest absolute Gasteiger partial charge is 0.253 e. The first-order valence-electron chi connectivity index (χ1n) is 11.6. The van der Waals surface area contributed by atoms with Gasteiger partial charge in [0.15, 0.2) is 5.96 Å². The molecule has 0 radical (unpaired) electrons. The molecule has 2 aromatic carbocycles. The molecule has 0 bridgehead atoms. The molecular weight excluding hydrogens is 539 g/mol.